The molecule has 4 aromatic rings. The van der Waals surface area contributed by atoms with Gasteiger partial charge >= 0.3 is 12.1 Å². The van der Waals surface area contributed by atoms with E-state index in [0.29, 0.717) is 5.75 Å². The van der Waals surface area contributed by atoms with Crippen molar-refractivity contribution in [3.8, 4) is 22.6 Å². The number of carbonyl (C=O) groups is 2. The van der Waals surface area contributed by atoms with Gasteiger partial charge in [0.2, 0.25) is 0 Å². The number of hydrogen-bond donors (Lipinski definition) is 1. The van der Waals surface area contributed by atoms with Crippen molar-refractivity contribution in [2.75, 3.05) is 13.7 Å². The highest BCUT2D eigenvalue weighted by Gasteiger charge is 2.30. The zero-order valence-electron chi connectivity index (χ0n) is 25.0. The minimum absolute atomic E-state index is 0. The molecule has 0 heterocycles. The van der Waals surface area contributed by atoms with E-state index in [-0.39, 0.29) is 38.6 Å². The van der Waals surface area contributed by atoms with Crippen molar-refractivity contribution >= 4 is 12.1 Å². The Labute approximate surface area is 260 Å². The lowest BCUT2D eigenvalue weighted by molar-refractivity contribution is -0.147. The Morgan fingerprint density at radius 1 is 0.750 bits per heavy atom. The van der Waals surface area contributed by atoms with E-state index in [1.807, 2.05) is 81.4 Å². The fourth-order valence-electron chi connectivity index (χ4n) is 5.24. The summed E-state index contributed by atoms with van der Waals surface area (Å²) in [7, 11) is 1.59. The molecular weight excluding hydrogens is 554 g/mol. The van der Waals surface area contributed by atoms with E-state index in [9.17, 15) is 9.59 Å². The van der Waals surface area contributed by atoms with Crippen molar-refractivity contribution in [2.45, 2.75) is 58.8 Å². The molecule has 230 valence electrons. The standard InChI is InChI=1S/C36H37NO6.CH4/c1-36(2,3)43-27-19-13-24(14-20-27)21-33(34(38)41-22-25-15-17-26(40-4)18-16-25)37-35(39)42-23-32-30-11-7-5-9-28(30)29-10-6-8-12-31(29)32;/h5-20,32-33H,21-23H2,1-4H3,(H,37,39);1H4/t33-;/m1./s1. The van der Waals surface area contributed by atoms with Gasteiger partial charge in [-0.3, -0.25) is 0 Å². The van der Waals surface area contributed by atoms with Gasteiger partial charge in [0.1, 0.15) is 36.4 Å². The third-order valence-electron chi connectivity index (χ3n) is 7.25. The van der Waals surface area contributed by atoms with Crippen molar-refractivity contribution in [1.82, 2.24) is 5.32 Å². The molecule has 7 nitrogen and oxygen atoms in total. The number of fused-ring (bicyclic) bond motifs is 3. The van der Waals surface area contributed by atoms with Gasteiger partial charge in [-0.25, -0.2) is 9.59 Å². The molecule has 7 heteroatoms. The van der Waals surface area contributed by atoms with Crippen molar-refractivity contribution in [3.05, 3.63) is 119 Å². The molecule has 0 saturated carbocycles. The lowest BCUT2D eigenvalue weighted by Crippen LogP contribution is -2.43. The van der Waals surface area contributed by atoms with Crippen molar-refractivity contribution in [3.63, 3.8) is 0 Å². The number of rotatable bonds is 10. The molecule has 4 aromatic carbocycles. The first-order valence-electron chi connectivity index (χ1n) is 14.4. The lowest BCUT2D eigenvalue weighted by Gasteiger charge is -2.22. The van der Waals surface area contributed by atoms with Crippen molar-refractivity contribution < 1.29 is 28.5 Å². The van der Waals surface area contributed by atoms with Crippen LogP contribution in [0.1, 0.15) is 56.4 Å². The van der Waals surface area contributed by atoms with Crippen molar-refractivity contribution in [1.29, 1.82) is 0 Å². The van der Waals surface area contributed by atoms with Gasteiger partial charge in [0, 0.05) is 12.3 Å². The third kappa shape index (κ3) is 7.98. The van der Waals surface area contributed by atoms with Crippen LogP contribution < -0.4 is 14.8 Å². The highest BCUT2D eigenvalue weighted by Crippen LogP contribution is 2.44. The average Bonchev–Trinajstić information content (AvgIpc) is 3.32. The highest BCUT2D eigenvalue weighted by atomic mass is 16.6. The summed E-state index contributed by atoms with van der Waals surface area (Å²) in [6, 6.07) is 30.1. The van der Waals surface area contributed by atoms with Gasteiger partial charge in [0.25, 0.3) is 0 Å². The summed E-state index contributed by atoms with van der Waals surface area (Å²) in [5, 5.41) is 2.76. The summed E-state index contributed by atoms with van der Waals surface area (Å²) in [5.74, 6) is 0.788. The SMILES string of the molecule is C.COc1ccc(COC(=O)[C@@H](Cc2ccc(OC(C)(C)C)cc2)NC(=O)OCC2c3ccccc3-c3ccccc32)cc1. The fourth-order valence-corrected chi connectivity index (χ4v) is 5.24. The van der Waals surface area contributed by atoms with E-state index >= 15 is 0 Å². The maximum Gasteiger partial charge on any atom is 0.407 e. The van der Waals surface area contributed by atoms with E-state index in [1.165, 1.54) is 0 Å². The molecule has 0 saturated heterocycles. The lowest BCUT2D eigenvalue weighted by atomic mass is 9.98. The number of alkyl carbamates (subject to hydrolysis) is 1. The zero-order valence-corrected chi connectivity index (χ0v) is 25.0. The van der Waals surface area contributed by atoms with Crippen LogP contribution >= 0.6 is 0 Å². The summed E-state index contributed by atoms with van der Waals surface area (Å²) < 4.78 is 22.5. The van der Waals surface area contributed by atoms with Gasteiger partial charge in [-0.15, -0.1) is 0 Å². The van der Waals surface area contributed by atoms with Gasteiger partial charge in [0.15, 0.2) is 0 Å². The van der Waals surface area contributed by atoms with Crippen LogP contribution in [0.3, 0.4) is 0 Å². The van der Waals surface area contributed by atoms with Crippen LogP contribution in [-0.2, 0) is 27.3 Å². The molecular formula is C37H41NO6. The molecule has 1 N–H and O–H groups in total. The average molecular weight is 596 g/mol. The molecule has 0 aromatic heterocycles. The minimum Gasteiger partial charge on any atom is -0.497 e. The van der Waals surface area contributed by atoms with Gasteiger partial charge in [-0.05, 0) is 78.4 Å². The Morgan fingerprint density at radius 2 is 1.30 bits per heavy atom. The van der Waals surface area contributed by atoms with E-state index in [4.69, 9.17) is 18.9 Å². The summed E-state index contributed by atoms with van der Waals surface area (Å²) >= 11 is 0. The predicted molar refractivity (Wildman–Crippen MR) is 172 cm³/mol. The van der Waals surface area contributed by atoms with Crippen LogP contribution in [0.15, 0.2) is 97.1 Å². The number of esters is 1. The zero-order chi connectivity index (χ0) is 30.4. The van der Waals surface area contributed by atoms with Gasteiger partial charge in [-0.2, -0.15) is 0 Å². The van der Waals surface area contributed by atoms with Gasteiger partial charge < -0.3 is 24.3 Å². The second-order valence-corrected chi connectivity index (χ2v) is 11.5. The van der Waals surface area contributed by atoms with Crippen LogP contribution in [0.4, 0.5) is 4.79 Å². The second kappa shape index (κ2) is 14.1. The summed E-state index contributed by atoms with van der Waals surface area (Å²) in [5.41, 5.74) is 5.83. The highest BCUT2D eigenvalue weighted by molar-refractivity contribution is 5.82. The first-order chi connectivity index (χ1) is 20.7. The number of amides is 1. The molecule has 0 bridgehead atoms. The topological polar surface area (TPSA) is 83.1 Å². The molecule has 1 amide bonds. The predicted octanol–water partition coefficient (Wildman–Crippen LogP) is 7.70. The van der Waals surface area contributed by atoms with E-state index in [1.54, 1.807) is 19.2 Å². The summed E-state index contributed by atoms with van der Waals surface area (Å²) in [6.45, 7) is 6.15. The number of carbonyl (C=O) groups excluding carboxylic acids is 2. The molecule has 1 aliphatic carbocycles. The Bertz CT molecular complexity index is 1510. The normalized spacial score (nSPS) is 12.6. The van der Waals surface area contributed by atoms with Gasteiger partial charge in [-0.1, -0.05) is 80.2 Å². The van der Waals surface area contributed by atoms with Crippen LogP contribution in [0.2, 0.25) is 0 Å². The number of benzene rings is 4. The Hall–Kier alpha value is -4.78. The number of hydrogen-bond acceptors (Lipinski definition) is 6. The third-order valence-corrected chi connectivity index (χ3v) is 7.25. The number of ether oxygens (including phenoxy) is 4. The van der Waals surface area contributed by atoms with Crippen LogP contribution in [0.25, 0.3) is 11.1 Å². The van der Waals surface area contributed by atoms with E-state index in [2.05, 4.69) is 29.6 Å². The molecule has 1 aliphatic rings. The largest absolute Gasteiger partial charge is 0.497 e. The fraction of sp³-hybridized carbons (Fsp3) is 0.297. The molecule has 0 aliphatic heterocycles. The minimum atomic E-state index is -0.955. The van der Waals surface area contributed by atoms with Crippen LogP contribution in [0, 0.1) is 0 Å². The number of nitrogens with one attached hydrogen (secondary N) is 1. The molecule has 0 spiro atoms. The quantitative estimate of drug-likeness (QED) is 0.189. The molecule has 44 heavy (non-hydrogen) atoms. The molecule has 0 fully saturated rings. The van der Waals surface area contributed by atoms with E-state index in [0.717, 1.165) is 39.1 Å². The number of methoxy groups -OCH3 is 1. The Kier molecular flexibility index (Phi) is 10.3. The Balaban J connectivity index is 0.00000442. The molecule has 1 atom stereocenters. The maximum absolute atomic E-state index is 13.3. The van der Waals surface area contributed by atoms with Gasteiger partial charge in [0.05, 0.1) is 7.11 Å². The smallest absolute Gasteiger partial charge is 0.407 e. The molecule has 5 rings (SSSR count). The Morgan fingerprint density at radius 3 is 1.86 bits per heavy atom. The van der Waals surface area contributed by atoms with E-state index < -0.39 is 18.1 Å². The van der Waals surface area contributed by atoms with Crippen molar-refractivity contribution in [2.24, 2.45) is 0 Å². The van der Waals surface area contributed by atoms with Crippen LogP contribution in [0.5, 0.6) is 11.5 Å². The first kappa shape index (κ1) is 32.1. The monoisotopic (exact) mass is 595 g/mol. The summed E-state index contributed by atoms with van der Waals surface area (Å²) in [4.78, 5) is 26.4. The summed E-state index contributed by atoms with van der Waals surface area (Å²) in [6.07, 6.45) is -0.456. The molecule has 0 radical (unpaired) electrons. The molecule has 0 unspecified atom stereocenters. The van der Waals surface area contributed by atoms with Crippen LogP contribution in [-0.4, -0.2) is 37.4 Å². The first-order valence-corrected chi connectivity index (χ1v) is 14.4. The second-order valence-electron chi connectivity index (χ2n) is 11.5. The maximum atomic E-state index is 13.3.